The first-order valence-electron chi connectivity index (χ1n) is 9.69. The standard InChI is InChI=1S/C24H23N3O2/c1-16-19-6-2-3-7-20(19)24(29)27(16)15-14-17-10-12-18(13-11-17)23(28)26-22-9-5-4-8-21(22)25/h2-13,16H,14-15,25H2,1H3,(H,26,28). The molecule has 1 unspecified atom stereocenters. The second kappa shape index (κ2) is 7.80. The molecule has 5 nitrogen and oxygen atoms in total. The van der Waals surface area contributed by atoms with Crippen molar-refractivity contribution in [3.05, 3.63) is 95.1 Å². The van der Waals surface area contributed by atoms with Crippen LogP contribution in [0.2, 0.25) is 0 Å². The smallest absolute Gasteiger partial charge is 0.255 e. The molecule has 29 heavy (non-hydrogen) atoms. The minimum absolute atomic E-state index is 0.0834. The van der Waals surface area contributed by atoms with E-state index < -0.39 is 0 Å². The predicted molar refractivity (Wildman–Crippen MR) is 115 cm³/mol. The number of amides is 2. The van der Waals surface area contributed by atoms with Crippen LogP contribution in [0.15, 0.2) is 72.8 Å². The van der Waals surface area contributed by atoms with E-state index in [1.54, 1.807) is 24.3 Å². The summed E-state index contributed by atoms with van der Waals surface area (Å²) >= 11 is 0. The van der Waals surface area contributed by atoms with Gasteiger partial charge in [0, 0.05) is 17.7 Å². The van der Waals surface area contributed by atoms with Gasteiger partial charge in [-0.15, -0.1) is 0 Å². The van der Waals surface area contributed by atoms with Crippen molar-refractivity contribution in [1.29, 1.82) is 0 Å². The minimum Gasteiger partial charge on any atom is -0.397 e. The van der Waals surface area contributed by atoms with Crippen molar-refractivity contribution in [3.8, 4) is 0 Å². The molecule has 146 valence electrons. The molecule has 0 bridgehead atoms. The van der Waals surface area contributed by atoms with E-state index >= 15 is 0 Å². The lowest BCUT2D eigenvalue weighted by Crippen LogP contribution is -2.28. The third-order valence-corrected chi connectivity index (χ3v) is 5.44. The Morgan fingerprint density at radius 3 is 2.41 bits per heavy atom. The molecule has 3 N–H and O–H groups in total. The summed E-state index contributed by atoms with van der Waals surface area (Å²) in [7, 11) is 0. The zero-order chi connectivity index (χ0) is 20.4. The van der Waals surface area contributed by atoms with Crippen LogP contribution in [0.5, 0.6) is 0 Å². The maximum Gasteiger partial charge on any atom is 0.255 e. The number of nitrogens with two attached hydrogens (primary N) is 1. The van der Waals surface area contributed by atoms with Gasteiger partial charge in [0.1, 0.15) is 0 Å². The van der Waals surface area contributed by atoms with Crippen molar-refractivity contribution in [2.24, 2.45) is 0 Å². The molecule has 5 heteroatoms. The Morgan fingerprint density at radius 1 is 1.00 bits per heavy atom. The lowest BCUT2D eigenvalue weighted by Gasteiger charge is -2.22. The normalized spacial score (nSPS) is 15.3. The number of benzene rings is 3. The summed E-state index contributed by atoms with van der Waals surface area (Å²) in [5.41, 5.74) is 10.5. The van der Waals surface area contributed by atoms with Crippen LogP contribution in [0.3, 0.4) is 0 Å². The minimum atomic E-state index is -0.201. The lowest BCUT2D eigenvalue weighted by atomic mass is 10.1. The number of anilines is 2. The molecular weight excluding hydrogens is 362 g/mol. The highest BCUT2D eigenvalue weighted by molar-refractivity contribution is 6.05. The van der Waals surface area contributed by atoms with Gasteiger partial charge in [-0.3, -0.25) is 9.59 Å². The average Bonchev–Trinajstić information content (AvgIpc) is 2.99. The summed E-state index contributed by atoms with van der Waals surface area (Å²) in [5.74, 6) is -0.113. The van der Waals surface area contributed by atoms with Crippen molar-refractivity contribution >= 4 is 23.2 Å². The van der Waals surface area contributed by atoms with Crippen LogP contribution in [0.1, 0.15) is 44.8 Å². The number of hydrogen-bond donors (Lipinski definition) is 2. The van der Waals surface area contributed by atoms with Crippen LogP contribution in [0, 0.1) is 0 Å². The number of hydrogen-bond acceptors (Lipinski definition) is 3. The Kier molecular flexibility index (Phi) is 5.04. The van der Waals surface area contributed by atoms with Gasteiger partial charge in [0.2, 0.25) is 0 Å². The summed E-state index contributed by atoms with van der Waals surface area (Å²) in [5, 5.41) is 2.83. The van der Waals surface area contributed by atoms with Gasteiger partial charge in [-0.05, 0) is 54.8 Å². The monoisotopic (exact) mass is 385 g/mol. The molecule has 0 spiro atoms. The summed E-state index contributed by atoms with van der Waals surface area (Å²) in [6, 6.07) is 22.5. The maximum atomic E-state index is 12.6. The van der Waals surface area contributed by atoms with Crippen LogP contribution < -0.4 is 11.1 Å². The molecule has 0 saturated heterocycles. The molecule has 0 aliphatic carbocycles. The number of para-hydroxylation sites is 2. The Labute approximate surface area is 170 Å². The fourth-order valence-electron chi connectivity index (χ4n) is 3.73. The number of rotatable bonds is 5. The molecule has 0 fully saturated rings. The number of nitrogens with zero attached hydrogens (tertiary/aromatic N) is 1. The van der Waals surface area contributed by atoms with E-state index in [0.29, 0.717) is 23.5 Å². The van der Waals surface area contributed by atoms with E-state index in [1.807, 2.05) is 53.4 Å². The van der Waals surface area contributed by atoms with E-state index in [0.717, 1.165) is 23.1 Å². The van der Waals surface area contributed by atoms with Gasteiger partial charge in [-0.2, -0.15) is 0 Å². The molecule has 2 amide bonds. The molecule has 4 rings (SSSR count). The molecule has 0 aromatic heterocycles. The van der Waals surface area contributed by atoms with Crippen LogP contribution in [-0.2, 0) is 6.42 Å². The lowest BCUT2D eigenvalue weighted by molar-refractivity contribution is 0.0739. The third kappa shape index (κ3) is 3.72. The van der Waals surface area contributed by atoms with E-state index in [2.05, 4.69) is 12.2 Å². The van der Waals surface area contributed by atoms with Gasteiger partial charge < -0.3 is 16.0 Å². The topological polar surface area (TPSA) is 75.4 Å². The molecular formula is C24H23N3O2. The maximum absolute atomic E-state index is 12.6. The summed E-state index contributed by atoms with van der Waals surface area (Å²) < 4.78 is 0. The first-order chi connectivity index (χ1) is 14.0. The first-order valence-corrected chi connectivity index (χ1v) is 9.69. The molecule has 1 aliphatic heterocycles. The second-order valence-corrected chi connectivity index (χ2v) is 7.25. The molecule has 3 aromatic rings. The summed E-state index contributed by atoms with van der Waals surface area (Å²) in [4.78, 5) is 27.0. The van der Waals surface area contributed by atoms with Gasteiger partial charge >= 0.3 is 0 Å². The first kappa shape index (κ1) is 18.7. The van der Waals surface area contributed by atoms with Gasteiger partial charge in [0.05, 0.1) is 17.4 Å². The number of carbonyl (C=O) groups is 2. The Morgan fingerprint density at radius 2 is 1.69 bits per heavy atom. The quantitative estimate of drug-likeness (QED) is 0.644. The highest BCUT2D eigenvalue weighted by atomic mass is 16.2. The number of nitrogen functional groups attached to an aromatic ring is 1. The third-order valence-electron chi connectivity index (χ3n) is 5.44. The zero-order valence-corrected chi connectivity index (χ0v) is 16.3. The average molecular weight is 385 g/mol. The molecule has 1 atom stereocenters. The Bertz CT molecular complexity index is 1060. The fraction of sp³-hybridized carbons (Fsp3) is 0.167. The van der Waals surface area contributed by atoms with Gasteiger partial charge in [0.25, 0.3) is 11.8 Å². The SMILES string of the molecule is CC1c2ccccc2C(=O)N1CCc1ccc(C(=O)Nc2ccccc2N)cc1. The van der Waals surface area contributed by atoms with Crippen LogP contribution in [0.4, 0.5) is 11.4 Å². The highest BCUT2D eigenvalue weighted by Gasteiger charge is 2.32. The molecule has 0 radical (unpaired) electrons. The van der Waals surface area contributed by atoms with Crippen molar-refractivity contribution < 1.29 is 9.59 Å². The number of carbonyl (C=O) groups excluding carboxylic acids is 2. The molecule has 3 aromatic carbocycles. The molecule has 1 heterocycles. The number of fused-ring (bicyclic) bond motifs is 1. The second-order valence-electron chi connectivity index (χ2n) is 7.25. The van der Waals surface area contributed by atoms with Crippen LogP contribution in [0.25, 0.3) is 0 Å². The van der Waals surface area contributed by atoms with Crippen molar-refractivity contribution in [3.63, 3.8) is 0 Å². The van der Waals surface area contributed by atoms with E-state index in [4.69, 9.17) is 5.73 Å². The van der Waals surface area contributed by atoms with Crippen molar-refractivity contribution in [1.82, 2.24) is 4.90 Å². The van der Waals surface area contributed by atoms with E-state index in [9.17, 15) is 9.59 Å². The van der Waals surface area contributed by atoms with Gasteiger partial charge in [-0.1, -0.05) is 42.5 Å². The predicted octanol–water partition coefficient (Wildman–Crippen LogP) is 4.28. The number of nitrogens with one attached hydrogen (secondary N) is 1. The molecule has 0 saturated carbocycles. The van der Waals surface area contributed by atoms with E-state index in [1.165, 1.54) is 0 Å². The highest BCUT2D eigenvalue weighted by Crippen LogP contribution is 2.32. The van der Waals surface area contributed by atoms with Crippen molar-refractivity contribution in [2.45, 2.75) is 19.4 Å². The van der Waals surface area contributed by atoms with Crippen LogP contribution >= 0.6 is 0 Å². The van der Waals surface area contributed by atoms with Gasteiger partial charge in [0.15, 0.2) is 0 Å². The molecule has 1 aliphatic rings. The Hall–Kier alpha value is -3.60. The largest absolute Gasteiger partial charge is 0.397 e. The zero-order valence-electron chi connectivity index (χ0n) is 16.3. The summed E-state index contributed by atoms with van der Waals surface area (Å²) in [6.45, 7) is 2.70. The van der Waals surface area contributed by atoms with Gasteiger partial charge in [-0.25, -0.2) is 0 Å². The van der Waals surface area contributed by atoms with Crippen LogP contribution in [-0.4, -0.2) is 23.3 Å². The fourth-order valence-corrected chi connectivity index (χ4v) is 3.73. The van der Waals surface area contributed by atoms with Crippen molar-refractivity contribution in [2.75, 3.05) is 17.6 Å². The Balaban J connectivity index is 1.39. The van der Waals surface area contributed by atoms with E-state index in [-0.39, 0.29) is 17.9 Å². The summed E-state index contributed by atoms with van der Waals surface area (Å²) in [6.07, 6.45) is 0.734.